The van der Waals surface area contributed by atoms with Crippen LogP contribution >= 0.6 is 11.3 Å². The standard InChI is InChI=1S/C21H25N3O3S/c25-20(15-23-9-2-6-19-18(21(23)26)7-11-28-19)24(14-17-5-3-10-27-17)13-16-4-1-8-22-12-16/h1,4,7-8,11-12,17H,2-3,5-6,9-10,13-15H2/t17-/m1/s1. The molecule has 4 heterocycles. The predicted molar refractivity (Wildman–Crippen MR) is 107 cm³/mol. The number of amides is 2. The van der Waals surface area contributed by atoms with E-state index >= 15 is 0 Å². The van der Waals surface area contributed by atoms with Gasteiger partial charge in [-0.2, -0.15) is 0 Å². The van der Waals surface area contributed by atoms with Gasteiger partial charge in [0.2, 0.25) is 5.91 Å². The molecule has 28 heavy (non-hydrogen) atoms. The Bertz CT molecular complexity index is 817. The van der Waals surface area contributed by atoms with E-state index in [0.717, 1.165) is 48.3 Å². The van der Waals surface area contributed by atoms with Crippen molar-refractivity contribution in [2.75, 3.05) is 26.2 Å². The van der Waals surface area contributed by atoms with Gasteiger partial charge in [0.25, 0.3) is 5.91 Å². The summed E-state index contributed by atoms with van der Waals surface area (Å²) in [4.78, 5) is 34.9. The Morgan fingerprint density at radius 1 is 1.36 bits per heavy atom. The smallest absolute Gasteiger partial charge is 0.255 e. The van der Waals surface area contributed by atoms with Crippen LogP contribution in [0.1, 0.15) is 40.1 Å². The highest BCUT2D eigenvalue weighted by molar-refractivity contribution is 7.10. The van der Waals surface area contributed by atoms with E-state index in [4.69, 9.17) is 4.74 Å². The Balaban J connectivity index is 1.47. The fourth-order valence-corrected chi connectivity index (χ4v) is 4.75. The Morgan fingerprint density at radius 3 is 3.07 bits per heavy atom. The van der Waals surface area contributed by atoms with Gasteiger partial charge in [-0.25, -0.2) is 0 Å². The van der Waals surface area contributed by atoms with Crippen LogP contribution in [0.2, 0.25) is 0 Å². The molecule has 148 valence electrons. The maximum Gasteiger partial charge on any atom is 0.255 e. The summed E-state index contributed by atoms with van der Waals surface area (Å²) in [6.07, 6.45) is 7.38. The lowest BCUT2D eigenvalue weighted by molar-refractivity contribution is -0.134. The number of nitrogens with zero attached hydrogens (tertiary/aromatic N) is 3. The normalized spacial score (nSPS) is 19.4. The number of hydrogen-bond acceptors (Lipinski definition) is 5. The molecule has 0 radical (unpaired) electrons. The first-order valence-electron chi connectivity index (χ1n) is 9.84. The zero-order chi connectivity index (χ0) is 19.3. The summed E-state index contributed by atoms with van der Waals surface area (Å²) in [6, 6.07) is 5.73. The summed E-state index contributed by atoms with van der Waals surface area (Å²) in [5.41, 5.74) is 1.74. The molecule has 2 aliphatic heterocycles. The number of aryl methyl sites for hydroxylation is 1. The fourth-order valence-electron chi connectivity index (χ4n) is 3.84. The van der Waals surface area contributed by atoms with E-state index in [2.05, 4.69) is 4.98 Å². The Hall–Kier alpha value is -2.25. The van der Waals surface area contributed by atoms with Gasteiger partial charge in [0, 0.05) is 43.5 Å². The molecular weight excluding hydrogens is 374 g/mol. The minimum atomic E-state index is -0.0358. The number of carbonyl (C=O) groups excluding carboxylic acids is 2. The molecule has 2 aliphatic rings. The van der Waals surface area contributed by atoms with Gasteiger partial charge in [-0.1, -0.05) is 6.07 Å². The molecule has 6 nitrogen and oxygen atoms in total. The van der Waals surface area contributed by atoms with Crippen LogP contribution in [0.3, 0.4) is 0 Å². The van der Waals surface area contributed by atoms with Gasteiger partial charge in [-0.3, -0.25) is 14.6 Å². The van der Waals surface area contributed by atoms with E-state index in [1.807, 2.05) is 28.5 Å². The molecule has 2 aromatic heterocycles. The minimum Gasteiger partial charge on any atom is -0.376 e. The van der Waals surface area contributed by atoms with Crippen LogP contribution in [0, 0.1) is 0 Å². The van der Waals surface area contributed by atoms with Gasteiger partial charge in [0.05, 0.1) is 11.7 Å². The van der Waals surface area contributed by atoms with Crippen molar-refractivity contribution in [3.8, 4) is 0 Å². The number of aromatic nitrogens is 1. The third-order valence-electron chi connectivity index (χ3n) is 5.32. The molecule has 0 spiro atoms. The molecule has 0 N–H and O–H groups in total. The Morgan fingerprint density at radius 2 is 2.29 bits per heavy atom. The van der Waals surface area contributed by atoms with Gasteiger partial charge in [-0.15, -0.1) is 11.3 Å². The molecule has 4 rings (SSSR count). The second-order valence-corrected chi connectivity index (χ2v) is 8.36. The van der Waals surface area contributed by atoms with Crippen LogP contribution in [-0.4, -0.2) is 58.9 Å². The second kappa shape index (κ2) is 8.84. The molecule has 2 aromatic rings. The summed E-state index contributed by atoms with van der Waals surface area (Å²) in [5, 5.41) is 1.96. The van der Waals surface area contributed by atoms with E-state index in [9.17, 15) is 9.59 Å². The van der Waals surface area contributed by atoms with E-state index in [1.54, 1.807) is 28.6 Å². The number of rotatable bonds is 6. The van der Waals surface area contributed by atoms with Gasteiger partial charge in [-0.05, 0) is 48.8 Å². The van der Waals surface area contributed by atoms with E-state index in [1.165, 1.54) is 0 Å². The molecule has 0 bridgehead atoms. The van der Waals surface area contributed by atoms with Crippen LogP contribution < -0.4 is 0 Å². The van der Waals surface area contributed by atoms with E-state index in [0.29, 0.717) is 19.6 Å². The van der Waals surface area contributed by atoms with Gasteiger partial charge < -0.3 is 14.5 Å². The first-order valence-corrected chi connectivity index (χ1v) is 10.7. The zero-order valence-electron chi connectivity index (χ0n) is 15.9. The lowest BCUT2D eigenvalue weighted by Crippen LogP contribution is -2.45. The van der Waals surface area contributed by atoms with Crippen molar-refractivity contribution >= 4 is 23.2 Å². The lowest BCUT2D eigenvalue weighted by atomic mass is 10.2. The van der Waals surface area contributed by atoms with Gasteiger partial charge in [0.15, 0.2) is 0 Å². The fraction of sp³-hybridized carbons (Fsp3) is 0.476. The number of carbonyl (C=O) groups is 2. The van der Waals surface area contributed by atoms with Crippen molar-refractivity contribution in [1.29, 1.82) is 0 Å². The molecule has 0 aromatic carbocycles. The molecule has 7 heteroatoms. The minimum absolute atomic E-state index is 0.0273. The third-order valence-corrected chi connectivity index (χ3v) is 6.30. The van der Waals surface area contributed by atoms with Crippen LogP contribution in [0.15, 0.2) is 36.0 Å². The Kier molecular flexibility index (Phi) is 6.02. The average molecular weight is 400 g/mol. The van der Waals surface area contributed by atoms with Gasteiger partial charge in [0.1, 0.15) is 6.54 Å². The topological polar surface area (TPSA) is 62.7 Å². The largest absolute Gasteiger partial charge is 0.376 e. The van der Waals surface area contributed by atoms with Crippen molar-refractivity contribution in [2.24, 2.45) is 0 Å². The van der Waals surface area contributed by atoms with Crippen molar-refractivity contribution in [3.63, 3.8) is 0 Å². The zero-order valence-corrected chi connectivity index (χ0v) is 16.7. The van der Waals surface area contributed by atoms with Crippen LogP contribution in [-0.2, 0) is 22.5 Å². The summed E-state index contributed by atoms with van der Waals surface area (Å²) in [7, 11) is 0. The van der Waals surface area contributed by atoms with Crippen molar-refractivity contribution in [2.45, 2.75) is 38.3 Å². The maximum absolute atomic E-state index is 13.2. The van der Waals surface area contributed by atoms with Crippen LogP contribution in [0.25, 0.3) is 0 Å². The highest BCUT2D eigenvalue weighted by Crippen LogP contribution is 2.24. The first kappa shape index (κ1) is 19.1. The molecular formula is C21H25N3O3S. The molecule has 0 saturated carbocycles. The quantitative estimate of drug-likeness (QED) is 0.749. The number of ether oxygens (including phenoxy) is 1. The number of hydrogen-bond donors (Lipinski definition) is 0. The number of fused-ring (bicyclic) bond motifs is 1. The molecule has 1 saturated heterocycles. The van der Waals surface area contributed by atoms with Crippen molar-refractivity contribution in [3.05, 3.63) is 52.0 Å². The molecule has 0 aliphatic carbocycles. The maximum atomic E-state index is 13.2. The number of pyridine rings is 1. The average Bonchev–Trinajstić information content (AvgIpc) is 3.36. The predicted octanol–water partition coefficient (Wildman–Crippen LogP) is 2.74. The molecule has 1 fully saturated rings. The van der Waals surface area contributed by atoms with Crippen LogP contribution in [0.4, 0.5) is 0 Å². The Labute approximate surface area is 169 Å². The summed E-state index contributed by atoms with van der Waals surface area (Å²) >= 11 is 1.63. The van der Waals surface area contributed by atoms with E-state index < -0.39 is 0 Å². The molecule has 0 unspecified atom stereocenters. The second-order valence-electron chi connectivity index (χ2n) is 7.36. The molecule has 1 atom stereocenters. The van der Waals surface area contributed by atoms with Crippen molar-refractivity contribution in [1.82, 2.24) is 14.8 Å². The lowest BCUT2D eigenvalue weighted by Gasteiger charge is -2.28. The SMILES string of the molecule is O=C(CN1CCCc2sccc2C1=O)N(Cc1cccnc1)C[C@H]1CCCO1. The van der Waals surface area contributed by atoms with Gasteiger partial charge >= 0.3 is 0 Å². The first-order chi connectivity index (χ1) is 13.7. The summed E-state index contributed by atoms with van der Waals surface area (Å²) < 4.78 is 5.75. The van der Waals surface area contributed by atoms with Crippen LogP contribution in [0.5, 0.6) is 0 Å². The highest BCUT2D eigenvalue weighted by atomic mass is 32.1. The van der Waals surface area contributed by atoms with Crippen molar-refractivity contribution < 1.29 is 14.3 Å². The third kappa shape index (κ3) is 4.42. The number of thiophene rings is 1. The summed E-state index contributed by atoms with van der Waals surface area (Å²) in [6.45, 7) is 2.52. The summed E-state index contributed by atoms with van der Waals surface area (Å²) in [5.74, 6) is -0.0630. The molecule has 2 amide bonds. The highest BCUT2D eigenvalue weighted by Gasteiger charge is 2.28. The monoisotopic (exact) mass is 399 g/mol. The van der Waals surface area contributed by atoms with E-state index in [-0.39, 0.29) is 24.5 Å².